The fourth-order valence-corrected chi connectivity index (χ4v) is 2.05. The van der Waals surface area contributed by atoms with Crippen LogP contribution in [0.5, 0.6) is 0 Å². The van der Waals surface area contributed by atoms with Crippen LogP contribution >= 0.6 is 0 Å². The predicted molar refractivity (Wildman–Crippen MR) is 64.3 cm³/mol. The third-order valence-electron chi connectivity index (χ3n) is 2.99. The van der Waals surface area contributed by atoms with Gasteiger partial charge in [0.05, 0.1) is 32.3 Å². The second-order valence-corrected chi connectivity index (χ2v) is 4.33. The Hall–Kier alpha value is -1.43. The van der Waals surface area contributed by atoms with Crippen LogP contribution < -0.4 is 0 Å². The third kappa shape index (κ3) is 2.38. The lowest BCUT2D eigenvalue weighted by Gasteiger charge is -2.26. The standard InChI is InChI=1S/C13H15NO4/c15-10(12-8-16-5-6-17-12)7-13-14-9-3-1-2-4-11(9)18-13/h1-4,10,12,15H,5-8H2. The van der Waals surface area contributed by atoms with Crippen molar-refractivity contribution in [1.29, 1.82) is 0 Å². The van der Waals surface area contributed by atoms with E-state index in [0.717, 1.165) is 11.1 Å². The molecule has 1 saturated heterocycles. The van der Waals surface area contributed by atoms with Gasteiger partial charge in [0.15, 0.2) is 11.5 Å². The minimum atomic E-state index is -0.654. The molecule has 96 valence electrons. The number of rotatable bonds is 3. The Labute approximate surface area is 104 Å². The van der Waals surface area contributed by atoms with Crippen LogP contribution in [0.2, 0.25) is 0 Å². The van der Waals surface area contributed by atoms with Crippen molar-refractivity contribution in [3.05, 3.63) is 30.2 Å². The summed E-state index contributed by atoms with van der Waals surface area (Å²) in [6.07, 6.45) is -0.616. The van der Waals surface area contributed by atoms with Gasteiger partial charge in [0.2, 0.25) is 0 Å². The third-order valence-corrected chi connectivity index (χ3v) is 2.99. The number of fused-ring (bicyclic) bond motifs is 1. The van der Waals surface area contributed by atoms with Gasteiger partial charge in [-0.15, -0.1) is 0 Å². The molecule has 0 bridgehead atoms. The summed E-state index contributed by atoms with van der Waals surface area (Å²) >= 11 is 0. The molecule has 0 spiro atoms. The van der Waals surface area contributed by atoms with E-state index in [4.69, 9.17) is 13.9 Å². The van der Waals surface area contributed by atoms with Gasteiger partial charge >= 0.3 is 0 Å². The zero-order valence-electron chi connectivity index (χ0n) is 9.91. The summed E-state index contributed by atoms with van der Waals surface area (Å²) in [5.41, 5.74) is 1.54. The van der Waals surface area contributed by atoms with Crippen molar-refractivity contribution < 1.29 is 19.0 Å². The molecule has 2 atom stereocenters. The number of nitrogens with zero attached hydrogens (tertiary/aromatic N) is 1. The van der Waals surface area contributed by atoms with Crippen LogP contribution in [0.4, 0.5) is 0 Å². The number of aliphatic hydroxyl groups is 1. The minimum Gasteiger partial charge on any atom is -0.441 e. The fraction of sp³-hybridized carbons (Fsp3) is 0.462. The lowest BCUT2D eigenvalue weighted by atomic mass is 10.1. The fourth-order valence-electron chi connectivity index (χ4n) is 2.05. The Morgan fingerprint density at radius 3 is 3.00 bits per heavy atom. The summed E-state index contributed by atoms with van der Waals surface area (Å²) in [6, 6.07) is 7.54. The average molecular weight is 249 g/mol. The molecule has 1 aromatic heterocycles. The highest BCUT2D eigenvalue weighted by Gasteiger charge is 2.25. The SMILES string of the molecule is OC(Cc1nc2ccccc2o1)C1COCCO1. The van der Waals surface area contributed by atoms with Gasteiger partial charge in [-0.25, -0.2) is 4.98 Å². The molecule has 1 fully saturated rings. The van der Waals surface area contributed by atoms with Gasteiger partial charge in [0.1, 0.15) is 11.6 Å². The van der Waals surface area contributed by atoms with Gasteiger partial charge in [-0.3, -0.25) is 0 Å². The van der Waals surface area contributed by atoms with E-state index < -0.39 is 6.10 Å². The highest BCUT2D eigenvalue weighted by Crippen LogP contribution is 2.17. The Kier molecular flexibility index (Phi) is 3.27. The summed E-state index contributed by atoms with van der Waals surface area (Å²) in [4.78, 5) is 4.32. The summed E-state index contributed by atoms with van der Waals surface area (Å²) in [5.74, 6) is 0.526. The maximum absolute atomic E-state index is 10.0. The minimum absolute atomic E-state index is 0.297. The first-order chi connectivity index (χ1) is 8.83. The van der Waals surface area contributed by atoms with Gasteiger partial charge in [0, 0.05) is 0 Å². The van der Waals surface area contributed by atoms with Crippen LogP contribution in [-0.2, 0) is 15.9 Å². The normalized spacial score (nSPS) is 22.2. The first-order valence-corrected chi connectivity index (χ1v) is 6.05. The number of aliphatic hydroxyl groups excluding tert-OH is 1. The van der Waals surface area contributed by atoms with Crippen LogP contribution in [-0.4, -0.2) is 42.1 Å². The predicted octanol–water partition coefficient (Wildman–Crippen LogP) is 1.15. The molecule has 0 aliphatic carbocycles. The zero-order valence-corrected chi connectivity index (χ0v) is 9.91. The van der Waals surface area contributed by atoms with Gasteiger partial charge < -0.3 is 19.0 Å². The first kappa shape index (κ1) is 11.6. The molecule has 0 saturated carbocycles. The van der Waals surface area contributed by atoms with Crippen molar-refractivity contribution in [2.75, 3.05) is 19.8 Å². The van der Waals surface area contributed by atoms with E-state index in [-0.39, 0.29) is 6.10 Å². The van der Waals surface area contributed by atoms with Gasteiger partial charge in [-0.2, -0.15) is 0 Å². The van der Waals surface area contributed by atoms with E-state index in [1.165, 1.54) is 0 Å². The van der Waals surface area contributed by atoms with E-state index in [1.807, 2.05) is 24.3 Å². The Bertz CT molecular complexity index is 485. The maximum atomic E-state index is 10.0. The van der Waals surface area contributed by atoms with Crippen molar-refractivity contribution >= 4 is 11.1 Å². The maximum Gasteiger partial charge on any atom is 0.198 e. The second kappa shape index (κ2) is 5.06. The molecule has 1 aromatic carbocycles. The van der Waals surface area contributed by atoms with Crippen LogP contribution in [0.25, 0.3) is 11.1 Å². The van der Waals surface area contributed by atoms with E-state index in [9.17, 15) is 5.11 Å². The summed E-state index contributed by atoms with van der Waals surface area (Å²) in [6.45, 7) is 1.53. The van der Waals surface area contributed by atoms with Crippen LogP contribution in [0.3, 0.4) is 0 Å². The van der Waals surface area contributed by atoms with Crippen molar-refractivity contribution in [3.63, 3.8) is 0 Å². The second-order valence-electron chi connectivity index (χ2n) is 4.33. The smallest absolute Gasteiger partial charge is 0.198 e. The van der Waals surface area contributed by atoms with E-state index in [2.05, 4.69) is 4.98 Å². The zero-order chi connectivity index (χ0) is 12.4. The Morgan fingerprint density at radius 2 is 2.22 bits per heavy atom. The molecular weight excluding hydrogens is 234 g/mol. The number of para-hydroxylation sites is 2. The number of ether oxygens (including phenoxy) is 2. The number of oxazole rings is 1. The molecule has 1 N–H and O–H groups in total. The largest absolute Gasteiger partial charge is 0.441 e. The Balaban J connectivity index is 1.71. The van der Waals surface area contributed by atoms with Crippen LogP contribution in [0.15, 0.2) is 28.7 Å². The summed E-state index contributed by atoms with van der Waals surface area (Å²) in [5, 5.41) is 10.0. The number of aromatic nitrogens is 1. The number of hydrogen-bond acceptors (Lipinski definition) is 5. The van der Waals surface area contributed by atoms with Crippen molar-refractivity contribution in [2.45, 2.75) is 18.6 Å². The molecule has 5 nitrogen and oxygen atoms in total. The molecule has 2 unspecified atom stereocenters. The molecule has 2 heterocycles. The molecule has 18 heavy (non-hydrogen) atoms. The highest BCUT2D eigenvalue weighted by molar-refractivity contribution is 5.72. The van der Waals surface area contributed by atoms with Crippen molar-refractivity contribution in [1.82, 2.24) is 4.98 Å². The first-order valence-electron chi connectivity index (χ1n) is 6.05. The van der Waals surface area contributed by atoms with Gasteiger partial charge in [-0.1, -0.05) is 12.1 Å². The molecule has 0 radical (unpaired) electrons. The van der Waals surface area contributed by atoms with E-state index in [1.54, 1.807) is 0 Å². The van der Waals surface area contributed by atoms with E-state index >= 15 is 0 Å². The molecule has 1 aliphatic heterocycles. The molecule has 1 aliphatic rings. The quantitative estimate of drug-likeness (QED) is 0.883. The summed E-state index contributed by atoms with van der Waals surface area (Å²) < 4.78 is 16.3. The topological polar surface area (TPSA) is 64.7 Å². The molecule has 0 amide bonds. The van der Waals surface area contributed by atoms with Crippen molar-refractivity contribution in [3.8, 4) is 0 Å². The van der Waals surface area contributed by atoms with Crippen LogP contribution in [0, 0.1) is 0 Å². The molecule has 5 heteroatoms. The highest BCUT2D eigenvalue weighted by atomic mass is 16.6. The molecule has 3 rings (SSSR count). The lowest BCUT2D eigenvalue weighted by Crippen LogP contribution is -2.39. The molecular formula is C13H15NO4. The molecule has 2 aromatic rings. The average Bonchev–Trinajstić information content (AvgIpc) is 2.82. The lowest BCUT2D eigenvalue weighted by molar-refractivity contribution is -0.132. The summed E-state index contributed by atoms with van der Waals surface area (Å²) in [7, 11) is 0. The van der Waals surface area contributed by atoms with Crippen LogP contribution in [0.1, 0.15) is 5.89 Å². The van der Waals surface area contributed by atoms with Gasteiger partial charge in [0.25, 0.3) is 0 Å². The van der Waals surface area contributed by atoms with Gasteiger partial charge in [-0.05, 0) is 12.1 Å². The number of benzene rings is 1. The van der Waals surface area contributed by atoms with Crippen molar-refractivity contribution in [2.24, 2.45) is 0 Å². The number of hydrogen-bond donors (Lipinski definition) is 1. The Morgan fingerprint density at radius 1 is 1.33 bits per heavy atom. The van der Waals surface area contributed by atoms with E-state index in [0.29, 0.717) is 32.1 Å². The monoisotopic (exact) mass is 249 g/mol.